The van der Waals surface area contributed by atoms with Crippen LogP contribution in [0.2, 0.25) is 0 Å². The molecule has 0 unspecified atom stereocenters. The van der Waals surface area contributed by atoms with Crippen LogP contribution in [0.1, 0.15) is 18.4 Å². The minimum absolute atomic E-state index is 0.151. The summed E-state index contributed by atoms with van der Waals surface area (Å²) in [5.74, 6) is 0.651. The number of nitrogens with zero attached hydrogens (tertiary/aromatic N) is 3. The number of piperidine rings is 1. The molecule has 6 nitrogen and oxygen atoms in total. The molecule has 0 saturated carbocycles. The van der Waals surface area contributed by atoms with Gasteiger partial charge in [-0.15, -0.1) is 0 Å². The second kappa shape index (κ2) is 12.1. The molecule has 1 saturated heterocycles. The van der Waals surface area contributed by atoms with Gasteiger partial charge in [0.1, 0.15) is 17.5 Å². The fraction of sp³-hybridized carbons (Fsp3) is 0.214. The quantitative estimate of drug-likeness (QED) is 0.219. The summed E-state index contributed by atoms with van der Waals surface area (Å²) in [7, 11) is 0. The fourth-order valence-corrected chi connectivity index (χ4v) is 5.04. The van der Waals surface area contributed by atoms with E-state index >= 15 is 0 Å². The van der Waals surface area contributed by atoms with Crippen LogP contribution in [0.5, 0.6) is 0 Å². The molecule has 2 heterocycles. The third kappa shape index (κ3) is 7.25. The van der Waals surface area contributed by atoms with Gasteiger partial charge in [-0.1, -0.05) is 18.2 Å². The normalized spacial score (nSPS) is 14.4. The summed E-state index contributed by atoms with van der Waals surface area (Å²) in [5.41, 5.74) is 2.35. The summed E-state index contributed by atoms with van der Waals surface area (Å²) in [6.45, 7) is 2.51. The van der Waals surface area contributed by atoms with E-state index in [1.807, 2.05) is 24.3 Å². The van der Waals surface area contributed by atoms with E-state index < -0.39 is 0 Å². The van der Waals surface area contributed by atoms with E-state index in [0.717, 1.165) is 42.2 Å². The third-order valence-electron chi connectivity index (χ3n) is 6.11. The van der Waals surface area contributed by atoms with E-state index in [1.54, 1.807) is 42.4 Å². The topological polar surface area (TPSA) is 65.1 Å². The van der Waals surface area contributed by atoms with Gasteiger partial charge in [-0.25, -0.2) is 18.1 Å². The number of nitrogens with one attached hydrogen (secondary N) is 3. The van der Waals surface area contributed by atoms with E-state index in [2.05, 4.69) is 42.4 Å². The van der Waals surface area contributed by atoms with Gasteiger partial charge in [-0.05, 0) is 85.5 Å². The maximum Gasteiger partial charge on any atom is 0.229 e. The van der Waals surface area contributed by atoms with Crippen molar-refractivity contribution in [2.45, 2.75) is 30.3 Å². The molecule has 5 rings (SSSR count). The first-order chi connectivity index (χ1) is 18.1. The molecule has 9 heteroatoms. The number of hydrogen-bond donors (Lipinski definition) is 3. The summed E-state index contributed by atoms with van der Waals surface area (Å²) in [4.78, 5) is 9.93. The van der Waals surface area contributed by atoms with Gasteiger partial charge in [0.2, 0.25) is 5.95 Å². The van der Waals surface area contributed by atoms with Gasteiger partial charge in [0.25, 0.3) is 0 Å². The van der Waals surface area contributed by atoms with E-state index in [-0.39, 0.29) is 11.6 Å². The first-order valence-corrected chi connectivity index (χ1v) is 13.0. The second-order valence-electron chi connectivity index (χ2n) is 8.81. The number of anilines is 4. The fourth-order valence-electron chi connectivity index (χ4n) is 4.09. The van der Waals surface area contributed by atoms with Crippen LogP contribution >= 0.6 is 11.9 Å². The van der Waals surface area contributed by atoms with Crippen molar-refractivity contribution < 1.29 is 8.78 Å². The number of benzene rings is 3. The summed E-state index contributed by atoms with van der Waals surface area (Å²) in [5, 5.41) is 9.87. The Bertz CT molecular complexity index is 1290. The van der Waals surface area contributed by atoms with Gasteiger partial charge in [0, 0.05) is 53.7 Å². The van der Waals surface area contributed by atoms with Gasteiger partial charge in [0.05, 0.1) is 0 Å². The molecule has 0 atom stereocenters. The Morgan fingerprint density at radius 2 is 1.54 bits per heavy atom. The highest BCUT2D eigenvalue weighted by Gasteiger charge is 2.20. The number of halogens is 2. The van der Waals surface area contributed by atoms with Crippen molar-refractivity contribution in [3.05, 3.63) is 102 Å². The van der Waals surface area contributed by atoms with Gasteiger partial charge in [-0.3, -0.25) is 0 Å². The Labute approximate surface area is 219 Å². The monoisotopic (exact) mass is 518 g/mol. The van der Waals surface area contributed by atoms with Crippen LogP contribution in [-0.2, 0) is 6.54 Å². The Balaban J connectivity index is 1.08. The van der Waals surface area contributed by atoms with Crippen LogP contribution in [0.3, 0.4) is 0 Å². The Hall–Kier alpha value is -3.53. The first-order valence-electron chi connectivity index (χ1n) is 12.2. The highest BCUT2D eigenvalue weighted by atomic mass is 32.2. The third-order valence-corrected chi connectivity index (χ3v) is 7.22. The van der Waals surface area contributed by atoms with Crippen LogP contribution < -0.4 is 16.0 Å². The molecule has 3 N–H and O–H groups in total. The highest BCUT2D eigenvalue weighted by Crippen LogP contribution is 2.28. The molecule has 0 spiro atoms. The van der Waals surface area contributed by atoms with Gasteiger partial charge < -0.3 is 16.0 Å². The molecule has 1 aliphatic rings. The molecule has 0 bridgehead atoms. The van der Waals surface area contributed by atoms with Crippen molar-refractivity contribution in [2.24, 2.45) is 0 Å². The molecule has 37 heavy (non-hydrogen) atoms. The lowest BCUT2D eigenvalue weighted by molar-refractivity contribution is 0.306. The Kier molecular flexibility index (Phi) is 8.25. The molecule has 0 radical (unpaired) electrons. The van der Waals surface area contributed by atoms with E-state index in [1.165, 1.54) is 18.2 Å². The summed E-state index contributed by atoms with van der Waals surface area (Å²) < 4.78 is 29.3. The molecular formula is C28H28F2N6S. The maximum atomic E-state index is 13.8. The smallest absolute Gasteiger partial charge is 0.229 e. The predicted molar refractivity (Wildman–Crippen MR) is 145 cm³/mol. The second-order valence-corrected chi connectivity index (χ2v) is 9.98. The molecule has 3 aromatic carbocycles. The standard InChI is InChI=1S/C28H28F2N6S/c29-21-5-7-23(8-6-21)33-27-13-16-31-28(35-27)34-24-9-11-25(12-10-24)37-36-17-14-22(15-18-36)32-19-20-3-1-2-4-26(20)30/h1-13,16,22,32H,14-15,17-19H2,(H2,31,33,34,35). The number of aromatic nitrogens is 2. The van der Waals surface area contributed by atoms with Crippen molar-refractivity contribution in [3.8, 4) is 0 Å². The lowest BCUT2D eigenvalue weighted by Gasteiger charge is -2.31. The molecule has 0 amide bonds. The number of hydrogen-bond acceptors (Lipinski definition) is 7. The van der Waals surface area contributed by atoms with Crippen molar-refractivity contribution >= 4 is 35.1 Å². The van der Waals surface area contributed by atoms with Gasteiger partial charge in [-0.2, -0.15) is 4.98 Å². The number of rotatable bonds is 9. The minimum atomic E-state index is -0.282. The highest BCUT2D eigenvalue weighted by molar-refractivity contribution is 7.97. The summed E-state index contributed by atoms with van der Waals surface area (Å²) in [6, 6.07) is 23.4. The van der Waals surface area contributed by atoms with E-state index in [0.29, 0.717) is 29.9 Å². The SMILES string of the molecule is Fc1ccc(Nc2ccnc(Nc3ccc(SN4CCC(NCc5ccccc5F)CC4)cc3)n2)cc1. The molecule has 1 aliphatic heterocycles. The van der Waals surface area contributed by atoms with Crippen molar-refractivity contribution in [2.75, 3.05) is 23.7 Å². The minimum Gasteiger partial charge on any atom is -0.340 e. The van der Waals surface area contributed by atoms with Crippen molar-refractivity contribution in [3.63, 3.8) is 0 Å². The van der Waals surface area contributed by atoms with Gasteiger partial charge in [0.15, 0.2) is 0 Å². The lowest BCUT2D eigenvalue weighted by Crippen LogP contribution is -2.39. The molecular weight excluding hydrogens is 490 g/mol. The largest absolute Gasteiger partial charge is 0.340 e. The predicted octanol–water partition coefficient (Wildman–Crippen LogP) is 6.50. The van der Waals surface area contributed by atoms with Crippen molar-refractivity contribution in [1.82, 2.24) is 19.6 Å². The first kappa shape index (κ1) is 25.1. The zero-order valence-electron chi connectivity index (χ0n) is 20.2. The molecule has 1 fully saturated rings. The van der Waals surface area contributed by atoms with Crippen LogP contribution in [0.4, 0.5) is 31.9 Å². The average molecular weight is 519 g/mol. The van der Waals surface area contributed by atoms with E-state index in [4.69, 9.17) is 0 Å². The summed E-state index contributed by atoms with van der Waals surface area (Å²) >= 11 is 1.75. The summed E-state index contributed by atoms with van der Waals surface area (Å²) in [6.07, 6.45) is 3.72. The average Bonchev–Trinajstić information content (AvgIpc) is 2.92. The lowest BCUT2D eigenvalue weighted by atomic mass is 10.1. The van der Waals surface area contributed by atoms with Crippen LogP contribution in [-0.4, -0.2) is 33.4 Å². The van der Waals surface area contributed by atoms with Crippen molar-refractivity contribution in [1.29, 1.82) is 0 Å². The van der Waals surface area contributed by atoms with E-state index in [9.17, 15) is 8.78 Å². The molecule has 190 valence electrons. The van der Waals surface area contributed by atoms with Crippen LogP contribution in [0.15, 0.2) is 90.0 Å². The Morgan fingerprint density at radius 1 is 0.838 bits per heavy atom. The van der Waals surface area contributed by atoms with Gasteiger partial charge >= 0.3 is 0 Å². The van der Waals surface area contributed by atoms with Crippen LogP contribution in [0, 0.1) is 11.6 Å². The van der Waals surface area contributed by atoms with Crippen LogP contribution in [0.25, 0.3) is 0 Å². The maximum absolute atomic E-state index is 13.8. The zero-order chi connectivity index (χ0) is 25.5. The molecule has 1 aromatic heterocycles. The molecule has 0 aliphatic carbocycles. The molecule has 4 aromatic rings. The Morgan fingerprint density at radius 3 is 2.30 bits per heavy atom. The zero-order valence-corrected chi connectivity index (χ0v) is 21.0.